The maximum absolute atomic E-state index is 13.4. The lowest BCUT2D eigenvalue weighted by molar-refractivity contribution is 0.0691. The number of carbonyl (C=O) groups is 1. The van der Waals surface area contributed by atoms with Crippen LogP contribution in [0.15, 0.2) is 35.1 Å². The van der Waals surface area contributed by atoms with Crippen molar-refractivity contribution in [3.05, 3.63) is 58.2 Å². The summed E-state index contributed by atoms with van der Waals surface area (Å²) in [5, 5.41) is 9.13. The number of amides is 1. The Morgan fingerprint density at radius 1 is 1.18 bits per heavy atom. The van der Waals surface area contributed by atoms with E-state index in [1.807, 2.05) is 9.47 Å². The molecule has 1 saturated heterocycles. The first-order valence-electron chi connectivity index (χ1n) is 11.7. The average molecular weight is 469 g/mol. The van der Waals surface area contributed by atoms with E-state index in [2.05, 4.69) is 10.2 Å². The molecule has 2 fully saturated rings. The van der Waals surface area contributed by atoms with Crippen molar-refractivity contribution >= 4 is 5.91 Å². The van der Waals surface area contributed by atoms with Crippen molar-refractivity contribution in [3.63, 3.8) is 0 Å². The molecule has 5 rings (SSSR count). The third kappa shape index (κ3) is 4.29. The number of aryl methyl sites for hydroxylation is 1. The summed E-state index contributed by atoms with van der Waals surface area (Å²) in [6.07, 6.45) is 3.69. The third-order valence-electron chi connectivity index (χ3n) is 6.63. The van der Waals surface area contributed by atoms with Crippen molar-refractivity contribution in [2.45, 2.75) is 44.2 Å². The van der Waals surface area contributed by atoms with Gasteiger partial charge in [-0.3, -0.25) is 14.0 Å². The van der Waals surface area contributed by atoms with Gasteiger partial charge in [-0.1, -0.05) is 0 Å². The summed E-state index contributed by atoms with van der Waals surface area (Å²) in [5.41, 5.74) is 1.76. The summed E-state index contributed by atoms with van der Waals surface area (Å²) in [4.78, 5) is 28.2. The van der Waals surface area contributed by atoms with Crippen LogP contribution in [-0.4, -0.2) is 61.7 Å². The van der Waals surface area contributed by atoms with E-state index >= 15 is 0 Å². The zero-order chi connectivity index (χ0) is 23.8. The van der Waals surface area contributed by atoms with Gasteiger partial charge < -0.3 is 9.64 Å². The molecule has 0 radical (unpaired) electrons. The molecule has 1 aromatic carbocycles. The van der Waals surface area contributed by atoms with Crippen molar-refractivity contribution in [1.82, 2.24) is 29.0 Å². The van der Waals surface area contributed by atoms with Crippen LogP contribution in [0.5, 0.6) is 0 Å². The van der Waals surface area contributed by atoms with E-state index in [-0.39, 0.29) is 29.4 Å². The standard InChI is InChI=1S/C24H29FN6O3/c1-28-21(14-20(26-28)16-5-7-18(25)8-6-16)23(32)29-11-3-4-17(15-29)22-27-30(12-13-34-2)24(33)31(22)19-9-10-19/h5-8,14,17,19H,3-4,9-13,15H2,1-2H3. The molecule has 0 N–H and O–H groups in total. The number of methoxy groups -OCH3 is 1. The second kappa shape index (κ2) is 9.17. The number of nitrogens with zero attached hydrogens (tertiary/aromatic N) is 6. The molecule has 34 heavy (non-hydrogen) atoms. The fraction of sp³-hybridized carbons (Fsp3) is 0.500. The Hall–Kier alpha value is -3.27. The number of benzene rings is 1. The Labute approximate surface area is 196 Å². The average Bonchev–Trinajstić information content (AvgIpc) is 3.53. The molecule has 180 valence electrons. The molecule has 2 aliphatic rings. The van der Waals surface area contributed by atoms with Crippen molar-refractivity contribution in [3.8, 4) is 11.3 Å². The number of piperidine rings is 1. The van der Waals surface area contributed by atoms with Gasteiger partial charge in [0.1, 0.15) is 17.3 Å². The Morgan fingerprint density at radius 2 is 1.94 bits per heavy atom. The first-order chi connectivity index (χ1) is 16.5. The van der Waals surface area contributed by atoms with Crippen molar-refractivity contribution in [1.29, 1.82) is 0 Å². The number of aromatic nitrogens is 5. The lowest BCUT2D eigenvalue weighted by Crippen LogP contribution is -2.40. The van der Waals surface area contributed by atoms with Gasteiger partial charge in [0.25, 0.3) is 5.91 Å². The SMILES string of the molecule is COCCn1nc(C2CCCN(C(=O)c3cc(-c4ccc(F)cc4)nn3C)C2)n(C2CC2)c1=O. The van der Waals surface area contributed by atoms with Gasteiger partial charge >= 0.3 is 5.69 Å². The van der Waals surface area contributed by atoms with Crippen LogP contribution in [0.2, 0.25) is 0 Å². The highest BCUT2D eigenvalue weighted by Gasteiger charge is 2.35. The first kappa shape index (κ1) is 22.5. The van der Waals surface area contributed by atoms with Gasteiger partial charge in [-0.25, -0.2) is 13.9 Å². The summed E-state index contributed by atoms with van der Waals surface area (Å²) >= 11 is 0. The summed E-state index contributed by atoms with van der Waals surface area (Å²) in [5.74, 6) is 0.356. The van der Waals surface area contributed by atoms with E-state index in [0.717, 1.165) is 37.1 Å². The minimum Gasteiger partial charge on any atom is -0.383 e. The summed E-state index contributed by atoms with van der Waals surface area (Å²) in [6.45, 7) is 1.99. The molecule has 1 aliphatic heterocycles. The number of likely N-dealkylation sites (tertiary alicyclic amines) is 1. The number of hydrogen-bond donors (Lipinski definition) is 0. The van der Waals surface area contributed by atoms with Gasteiger partial charge in [0, 0.05) is 44.8 Å². The topological polar surface area (TPSA) is 87.2 Å². The highest BCUT2D eigenvalue weighted by molar-refractivity contribution is 5.93. The second-order valence-electron chi connectivity index (χ2n) is 9.09. The van der Waals surface area contributed by atoms with E-state index < -0.39 is 0 Å². The smallest absolute Gasteiger partial charge is 0.346 e. The van der Waals surface area contributed by atoms with Crippen LogP contribution in [-0.2, 0) is 18.3 Å². The largest absolute Gasteiger partial charge is 0.383 e. The normalized spacial score (nSPS) is 18.4. The summed E-state index contributed by atoms with van der Waals surface area (Å²) in [7, 11) is 3.35. The second-order valence-corrected chi connectivity index (χ2v) is 9.09. The summed E-state index contributed by atoms with van der Waals surface area (Å²) < 4.78 is 23.3. The van der Waals surface area contributed by atoms with Crippen molar-refractivity contribution < 1.29 is 13.9 Å². The zero-order valence-corrected chi connectivity index (χ0v) is 19.5. The minimum atomic E-state index is -0.315. The van der Waals surface area contributed by atoms with E-state index in [0.29, 0.717) is 37.6 Å². The molecule has 10 heteroatoms. The van der Waals surface area contributed by atoms with Gasteiger partial charge in [-0.15, -0.1) is 0 Å². The van der Waals surface area contributed by atoms with Gasteiger partial charge in [0.2, 0.25) is 0 Å². The Bertz CT molecular complexity index is 1240. The quantitative estimate of drug-likeness (QED) is 0.532. The molecule has 0 bridgehead atoms. The monoisotopic (exact) mass is 468 g/mol. The van der Waals surface area contributed by atoms with Gasteiger partial charge in [-0.05, 0) is 56.0 Å². The van der Waals surface area contributed by atoms with Crippen LogP contribution in [0.25, 0.3) is 11.3 Å². The summed E-state index contributed by atoms with van der Waals surface area (Å²) in [6, 6.07) is 8.02. The molecule has 1 amide bonds. The van der Waals surface area contributed by atoms with Crippen LogP contribution in [0.3, 0.4) is 0 Å². The Balaban J connectivity index is 1.38. The van der Waals surface area contributed by atoms with E-state index in [4.69, 9.17) is 4.74 Å². The predicted molar refractivity (Wildman–Crippen MR) is 123 cm³/mol. The molecule has 2 aromatic heterocycles. The molecule has 1 aliphatic carbocycles. The molecule has 1 atom stereocenters. The Kier molecular flexibility index (Phi) is 6.07. The van der Waals surface area contributed by atoms with Crippen LogP contribution in [0.1, 0.15) is 54.0 Å². The molecule has 0 spiro atoms. The number of carbonyl (C=O) groups excluding carboxylic acids is 1. The van der Waals surface area contributed by atoms with Crippen molar-refractivity contribution in [2.75, 3.05) is 26.8 Å². The number of rotatable bonds is 7. The molecule has 3 heterocycles. The molecule has 1 saturated carbocycles. The van der Waals surface area contributed by atoms with Gasteiger partial charge in [0.05, 0.1) is 18.8 Å². The number of hydrogen-bond acceptors (Lipinski definition) is 5. The van der Waals surface area contributed by atoms with E-state index in [9.17, 15) is 14.0 Å². The molecular weight excluding hydrogens is 439 g/mol. The van der Waals surface area contributed by atoms with Gasteiger partial charge in [-0.2, -0.15) is 10.2 Å². The highest BCUT2D eigenvalue weighted by Crippen LogP contribution is 2.37. The van der Waals surface area contributed by atoms with E-state index in [1.165, 1.54) is 16.8 Å². The minimum absolute atomic E-state index is 0.000378. The number of halogens is 1. The molecular formula is C24H29FN6O3. The third-order valence-corrected chi connectivity index (χ3v) is 6.63. The zero-order valence-electron chi connectivity index (χ0n) is 19.5. The first-order valence-corrected chi connectivity index (χ1v) is 11.7. The van der Waals surface area contributed by atoms with Crippen LogP contribution < -0.4 is 5.69 Å². The van der Waals surface area contributed by atoms with Crippen LogP contribution >= 0.6 is 0 Å². The fourth-order valence-electron chi connectivity index (χ4n) is 4.68. The van der Waals surface area contributed by atoms with Crippen LogP contribution in [0, 0.1) is 5.82 Å². The lowest BCUT2D eigenvalue weighted by atomic mass is 9.96. The van der Waals surface area contributed by atoms with Crippen molar-refractivity contribution in [2.24, 2.45) is 7.05 Å². The van der Waals surface area contributed by atoms with Crippen LogP contribution in [0.4, 0.5) is 4.39 Å². The Morgan fingerprint density at radius 3 is 2.65 bits per heavy atom. The highest BCUT2D eigenvalue weighted by atomic mass is 19.1. The maximum Gasteiger partial charge on any atom is 0.346 e. The molecule has 1 unspecified atom stereocenters. The maximum atomic E-state index is 13.4. The van der Waals surface area contributed by atoms with E-state index in [1.54, 1.807) is 37.0 Å². The van der Waals surface area contributed by atoms with Gasteiger partial charge in [0.15, 0.2) is 0 Å². The molecule has 3 aromatic rings. The predicted octanol–water partition coefficient (Wildman–Crippen LogP) is 2.59. The lowest BCUT2D eigenvalue weighted by Gasteiger charge is -2.32. The molecule has 9 nitrogen and oxygen atoms in total. The number of ether oxygens (including phenoxy) is 1. The fourth-order valence-corrected chi connectivity index (χ4v) is 4.68.